The van der Waals surface area contributed by atoms with Crippen LogP contribution in [-0.4, -0.2) is 44.8 Å². The lowest BCUT2D eigenvalue weighted by molar-refractivity contribution is -0.126. The zero-order chi connectivity index (χ0) is 21.2. The molecule has 1 unspecified atom stereocenters. The van der Waals surface area contributed by atoms with Gasteiger partial charge in [0.05, 0.1) is 17.8 Å². The SMILES string of the molecule is O=C(COC1C=C(F)C=C(c2nccc(Nc3ccc4[nH]ncc4c3)n2)C1)NC1CC1. The van der Waals surface area contributed by atoms with E-state index in [0.717, 1.165) is 29.4 Å². The lowest BCUT2D eigenvalue weighted by Crippen LogP contribution is -2.31. The van der Waals surface area contributed by atoms with Crippen LogP contribution in [0.1, 0.15) is 25.1 Å². The van der Waals surface area contributed by atoms with E-state index >= 15 is 0 Å². The minimum absolute atomic E-state index is 0.100. The van der Waals surface area contributed by atoms with E-state index in [1.165, 1.54) is 12.2 Å². The number of fused-ring (bicyclic) bond motifs is 1. The van der Waals surface area contributed by atoms with Gasteiger partial charge in [0.2, 0.25) is 5.91 Å². The predicted molar refractivity (Wildman–Crippen MR) is 114 cm³/mol. The first-order valence-corrected chi connectivity index (χ1v) is 10.1. The largest absolute Gasteiger partial charge is 0.364 e. The molecule has 1 amide bonds. The molecule has 0 radical (unpaired) electrons. The molecule has 2 aliphatic carbocycles. The number of carbonyl (C=O) groups is 1. The van der Waals surface area contributed by atoms with Gasteiger partial charge in [-0.3, -0.25) is 9.89 Å². The summed E-state index contributed by atoms with van der Waals surface area (Å²) in [5.41, 5.74) is 2.41. The predicted octanol–water partition coefficient (Wildman–Crippen LogP) is 3.40. The molecule has 1 atom stereocenters. The first-order valence-electron chi connectivity index (χ1n) is 10.1. The molecule has 1 saturated carbocycles. The van der Waals surface area contributed by atoms with Crippen LogP contribution in [0.4, 0.5) is 15.9 Å². The Morgan fingerprint density at radius 2 is 2.19 bits per heavy atom. The van der Waals surface area contributed by atoms with Crippen LogP contribution in [0.3, 0.4) is 0 Å². The van der Waals surface area contributed by atoms with Crippen molar-refractivity contribution in [2.45, 2.75) is 31.4 Å². The number of H-pyrrole nitrogens is 1. The summed E-state index contributed by atoms with van der Waals surface area (Å²) in [6.07, 6.45) is 8.00. The smallest absolute Gasteiger partial charge is 0.246 e. The number of aromatic amines is 1. The Kier molecular flexibility index (Phi) is 5.17. The highest BCUT2D eigenvalue weighted by Crippen LogP contribution is 2.28. The maximum Gasteiger partial charge on any atom is 0.246 e. The normalized spacial score (nSPS) is 18.4. The molecule has 3 N–H and O–H groups in total. The van der Waals surface area contributed by atoms with E-state index in [0.29, 0.717) is 23.6 Å². The van der Waals surface area contributed by atoms with E-state index in [2.05, 4.69) is 30.8 Å². The number of benzene rings is 1. The molecule has 8 nitrogen and oxygen atoms in total. The summed E-state index contributed by atoms with van der Waals surface area (Å²) in [4.78, 5) is 20.7. The fourth-order valence-corrected chi connectivity index (χ4v) is 3.42. The molecular weight excluding hydrogens is 399 g/mol. The van der Waals surface area contributed by atoms with Crippen molar-refractivity contribution < 1.29 is 13.9 Å². The number of carbonyl (C=O) groups excluding carboxylic acids is 1. The average Bonchev–Trinajstić information content (AvgIpc) is 3.45. The van der Waals surface area contributed by atoms with E-state index in [9.17, 15) is 9.18 Å². The van der Waals surface area contributed by atoms with E-state index < -0.39 is 11.9 Å². The van der Waals surface area contributed by atoms with Crippen LogP contribution in [0, 0.1) is 0 Å². The van der Waals surface area contributed by atoms with E-state index in [1.54, 1.807) is 18.5 Å². The Balaban J connectivity index is 1.26. The van der Waals surface area contributed by atoms with Crippen molar-refractivity contribution >= 4 is 33.9 Å². The summed E-state index contributed by atoms with van der Waals surface area (Å²) >= 11 is 0. The Morgan fingerprint density at radius 1 is 1.29 bits per heavy atom. The zero-order valence-corrected chi connectivity index (χ0v) is 16.6. The van der Waals surface area contributed by atoms with Crippen molar-refractivity contribution in [1.29, 1.82) is 0 Å². The molecule has 2 heterocycles. The van der Waals surface area contributed by atoms with Crippen molar-refractivity contribution in [3.05, 3.63) is 60.5 Å². The standard InChI is InChI=1S/C22H21FN6O2/c23-15-7-13(9-18(10-15)31-12-21(30)27-16-1-2-16)22-24-6-5-20(28-22)26-17-3-4-19-14(8-17)11-25-29-19/h3-8,10-11,16,18H,1-2,9,12H2,(H,25,29)(H,27,30)(H,24,26,28). The molecule has 31 heavy (non-hydrogen) atoms. The highest BCUT2D eigenvalue weighted by molar-refractivity contribution is 5.82. The molecule has 5 rings (SSSR count). The van der Waals surface area contributed by atoms with Crippen molar-refractivity contribution in [2.24, 2.45) is 0 Å². The van der Waals surface area contributed by atoms with Crippen molar-refractivity contribution in [3.8, 4) is 0 Å². The number of hydrogen-bond acceptors (Lipinski definition) is 6. The summed E-state index contributed by atoms with van der Waals surface area (Å²) in [5.74, 6) is 0.393. The monoisotopic (exact) mass is 420 g/mol. The molecule has 0 spiro atoms. The second kappa shape index (κ2) is 8.27. The Labute approximate surface area is 177 Å². The number of nitrogens with one attached hydrogen (secondary N) is 3. The Bertz CT molecular complexity index is 1180. The number of nitrogens with zero attached hydrogens (tertiary/aromatic N) is 3. The van der Waals surface area contributed by atoms with Crippen molar-refractivity contribution in [2.75, 3.05) is 11.9 Å². The van der Waals surface area contributed by atoms with Gasteiger partial charge in [-0.2, -0.15) is 5.10 Å². The maximum atomic E-state index is 14.2. The fourth-order valence-electron chi connectivity index (χ4n) is 3.42. The third-order valence-corrected chi connectivity index (χ3v) is 5.10. The summed E-state index contributed by atoms with van der Waals surface area (Å²) in [7, 11) is 0. The van der Waals surface area contributed by atoms with E-state index in [1.807, 2.05) is 18.2 Å². The van der Waals surface area contributed by atoms with Crippen molar-refractivity contribution in [3.63, 3.8) is 0 Å². The highest BCUT2D eigenvalue weighted by atomic mass is 19.1. The number of allylic oxidation sites excluding steroid dienone is 2. The van der Waals surface area contributed by atoms with Gasteiger partial charge in [0.25, 0.3) is 0 Å². The lowest BCUT2D eigenvalue weighted by Gasteiger charge is -2.19. The van der Waals surface area contributed by atoms with Gasteiger partial charge < -0.3 is 15.4 Å². The number of anilines is 2. The number of halogens is 1. The first-order chi connectivity index (χ1) is 15.1. The van der Waals surface area contributed by atoms with Gasteiger partial charge in [-0.1, -0.05) is 0 Å². The van der Waals surface area contributed by atoms with Crippen molar-refractivity contribution in [1.82, 2.24) is 25.5 Å². The first kappa shape index (κ1) is 19.4. The minimum Gasteiger partial charge on any atom is -0.364 e. The number of rotatable bonds is 7. The molecule has 0 saturated heterocycles. The number of amides is 1. The fraction of sp³-hybridized carbons (Fsp3) is 0.273. The third kappa shape index (κ3) is 4.77. The summed E-state index contributed by atoms with van der Waals surface area (Å²) in [5, 5.41) is 14.0. The molecule has 0 aliphatic heterocycles. The van der Waals surface area contributed by atoms with Crippen LogP contribution < -0.4 is 10.6 Å². The van der Waals surface area contributed by atoms with Gasteiger partial charge in [-0.15, -0.1) is 0 Å². The minimum atomic E-state index is -0.548. The topological polar surface area (TPSA) is 105 Å². The molecule has 2 aliphatic rings. The van der Waals surface area contributed by atoms with Gasteiger partial charge >= 0.3 is 0 Å². The van der Waals surface area contributed by atoms with E-state index in [-0.39, 0.29) is 18.6 Å². The number of aromatic nitrogens is 4. The van der Waals surface area contributed by atoms with Gasteiger partial charge in [0.15, 0.2) is 5.82 Å². The Hall–Kier alpha value is -3.59. The Morgan fingerprint density at radius 3 is 3.06 bits per heavy atom. The van der Waals surface area contributed by atoms with Gasteiger partial charge in [-0.05, 0) is 49.3 Å². The lowest BCUT2D eigenvalue weighted by atomic mass is 10.0. The van der Waals surface area contributed by atoms with Gasteiger partial charge in [0, 0.05) is 35.3 Å². The molecule has 1 fully saturated rings. The second-order valence-corrected chi connectivity index (χ2v) is 7.68. The molecule has 158 valence electrons. The molecule has 2 aromatic heterocycles. The maximum absolute atomic E-state index is 14.2. The van der Waals surface area contributed by atoms with Crippen LogP contribution in [0.25, 0.3) is 16.5 Å². The second-order valence-electron chi connectivity index (χ2n) is 7.68. The van der Waals surface area contributed by atoms with Gasteiger partial charge in [-0.25, -0.2) is 14.4 Å². The molecule has 0 bridgehead atoms. The molecule has 3 aromatic rings. The summed E-state index contributed by atoms with van der Waals surface area (Å²) in [6, 6.07) is 7.82. The zero-order valence-electron chi connectivity index (χ0n) is 16.6. The molecule has 9 heteroatoms. The quantitative estimate of drug-likeness (QED) is 0.541. The third-order valence-electron chi connectivity index (χ3n) is 5.10. The summed E-state index contributed by atoms with van der Waals surface area (Å²) in [6.45, 7) is -0.100. The van der Waals surface area contributed by atoms with Crippen LogP contribution in [0.5, 0.6) is 0 Å². The molecule has 1 aromatic carbocycles. The van der Waals surface area contributed by atoms with E-state index in [4.69, 9.17) is 4.74 Å². The van der Waals surface area contributed by atoms with Crippen LogP contribution in [-0.2, 0) is 9.53 Å². The van der Waals surface area contributed by atoms with Gasteiger partial charge in [0.1, 0.15) is 18.3 Å². The number of hydrogen-bond donors (Lipinski definition) is 3. The molecular formula is C22H21FN6O2. The van der Waals surface area contributed by atoms with Crippen LogP contribution >= 0.6 is 0 Å². The average molecular weight is 420 g/mol. The van der Waals surface area contributed by atoms with Crippen LogP contribution in [0.15, 0.2) is 54.6 Å². The summed E-state index contributed by atoms with van der Waals surface area (Å²) < 4.78 is 19.8. The van der Waals surface area contributed by atoms with Crippen LogP contribution in [0.2, 0.25) is 0 Å². The number of ether oxygens (including phenoxy) is 1. The highest BCUT2D eigenvalue weighted by Gasteiger charge is 2.24.